The van der Waals surface area contributed by atoms with E-state index in [0.717, 1.165) is 39.2 Å². The van der Waals surface area contributed by atoms with Gasteiger partial charge in [0.25, 0.3) is 5.91 Å². The number of halogens is 1. The van der Waals surface area contributed by atoms with Gasteiger partial charge in [-0.2, -0.15) is 4.99 Å². The number of amides is 1. The van der Waals surface area contributed by atoms with Crippen molar-refractivity contribution < 1.29 is 14.3 Å². The fourth-order valence-electron chi connectivity index (χ4n) is 2.90. The summed E-state index contributed by atoms with van der Waals surface area (Å²) in [5.74, 6) is 1.25. The predicted molar refractivity (Wildman–Crippen MR) is 105 cm³/mol. The standard InChI is InChI=1S/C19H17BrN2O3S/c1-2-6-22-14-10-15-16(25-8-7-24-15)11-17(14)26-19(22)21-18(23)12-4-3-5-13(20)9-12/h3-5,9-11H,2,6-8H2,1H3. The second kappa shape index (κ2) is 7.25. The zero-order valence-electron chi connectivity index (χ0n) is 14.2. The summed E-state index contributed by atoms with van der Waals surface area (Å²) in [5.41, 5.74) is 1.58. The Bertz CT molecular complexity index is 1050. The number of rotatable bonds is 3. The Hall–Kier alpha value is -2.12. The van der Waals surface area contributed by atoms with Gasteiger partial charge in [0.15, 0.2) is 16.3 Å². The molecule has 0 spiro atoms. The first-order valence-corrected chi connectivity index (χ1v) is 10.0. The van der Waals surface area contributed by atoms with Gasteiger partial charge in [-0.25, -0.2) is 0 Å². The van der Waals surface area contributed by atoms with Crippen LogP contribution in [0.5, 0.6) is 11.5 Å². The molecule has 7 heteroatoms. The molecule has 0 radical (unpaired) electrons. The third-order valence-corrected chi connectivity index (χ3v) is 5.60. The van der Waals surface area contributed by atoms with Crippen LogP contribution in [0.2, 0.25) is 0 Å². The molecule has 2 aromatic carbocycles. The molecule has 0 unspecified atom stereocenters. The van der Waals surface area contributed by atoms with Gasteiger partial charge < -0.3 is 14.0 Å². The fourth-order valence-corrected chi connectivity index (χ4v) is 4.37. The van der Waals surface area contributed by atoms with E-state index in [4.69, 9.17) is 9.47 Å². The molecule has 134 valence electrons. The highest BCUT2D eigenvalue weighted by Gasteiger charge is 2.16. The Morgan fingerprint density at radius 1 is 1.23 bits per heavy atom. The number of ether oxygens (including phenoxy) is 2. The Morgan fingerprint density at radius 3 is 2.73 bits per heavy atom. The van der Waals surface area contributed by atoms with Gasteiger partial charge in [0, 0.05) is 28.7 Å². The molecule has 4 rings (SSSR count). The molecule has 1 aromatic heterocycles. The van der Waals surface area contributed by atoms with E-state index in [9.17, 15) is 4.79 Å². The minimum atomic E-state index is -0.250. The monoisotopic (exact) mass is 432 g/mol. The highest BCUT2D eigenvalue weighted by atomic mass is 79.9. The normalized spacial score (nSPS) is 14.0. The molecule has 0 atom stereocenters. The van der Waals surface area contributed by atoms with E-state index in [2.05, 4.69) is 32.4 Å². The lowest BCUT2D eigenvalue weighted by atomic mass is 10.2. The third-order valence-electron chi connectivity index (χ3n) is 4.06. The minimum absolute atomic E-state index is 0.250. The summed E-state index contributed by atoms with van der Waals surface area (Å²) < 4.78 is 15.3. The van der Waals surface area contributed by atoms with Gasteiger partial charge >= 0.3 is 0 Å². The van der Waals surface area contributed by atoms with Crippen LogP contribution in [-0.2, 0) is 6.54 Å². The lowest BCUT2D eigenvalue weighted by molar-refractivity contribution is 0.0997. The predicted octanol–water partition coefficient (Wildman–Crippen LogP) is 4.39. The molecule has 5 nitrogen and oxygen atoms in total. The molecule has 1 aliphatic heterocycles. The number of hydrogen-bond donors (Lipinski definition) is 0. The first-order valence-electron chi connectivity index (χ1n) is 8.43. The topological polar surface area (TPSA) is 52.8 Å². The highest BCUT2D eigenvalue weighted by molar-refractivity contribution is 9.10. The van der Waals surface area contributed by atoms with E-state index in [1.807, 2.05) is 24.3 Å². The molecular weight excluding hydrogens is 416 g/mol. The summed E-state index contributed by atoms with van der Waals surface area (Å²) >= 11 is 4.89. The molecule has 0 bridgehead atoms. The van der Waals surface area contributed by atoms with Crippen molar-refractivity contribution >= 4 is 43.4 Å². The minimum Gasteiger partial charge on any atom is -0.486 e. The van der Waals surface area contributed by atoms with Crippen LogP contribution >= 0.6 is 27.3 Å². The van der Waals surface area contributed by atoms with Gasteiger partial charge in [-0.3, -0.25) is 4.79 Å². The zero-order valence-corrected chi connectivity index (χ0v) is 16.6. The maximum absolute atomic E-state index is 12.6. The maximum Gasteiger partial charge on any atom is 0.279 e. The smallest absolute Gasteiger partial charge is 0.279 e. The molecular formula is C19H17BrN2O3S. The van der Waals surface area contributed by atoms with Crippen LogP contribution in [0.25, 0.3) is 10.2 Å². The molecule has 3 aromatic rings. The van der Waals surface area contributed by atoms with Crippen molar-refractivity contribution in [2.45, 2.75) is 19.9 Å². The first kappa shape index (κ1) is 17.3. The lowest BCUT2D eigenvalue weighted by Crippen LogP contribution is -2.17. The van der Waals surface area contributed by atoms with Crippen molar-refractivity contribution in [3.8, 4) is 11.5 Å². The van der Waals surface area contributed by atoms with Crippen molar-refractivity contribution in [3.05, 3.63) is 51.2 Å². The zero-order chi connectivity index (χ0) is 18.1. The van der Waals surface area contributed by atoms with Crippen LogP contribution in [0.3, 0.4) is 0 Å². The molecule has 1 amide bonds. The number of benzene rings is 2. The maximum atomic E-state index is 12.6. The van der Waals surface area contributed by atoms with Crippen LogP contribution in [0.1, 0.15) is 23.7 Å². The average Bonchev–Trinajstić information content (AvgIpc) is 2.96. The fraction of sp³-hybridized carbons (Fsp3) is 0.263. The lowest BCUT2D eigenvalue weighted by Gasteiger charge is -2.18. The molecule has 0 saturated heterocycles. The summed E-state index contributed by atoms with van der Waals surface area (Å²) in [6.45, 7) is 3.99. The summed E-state index contributed by atoms with van der Waals surface area (Å²) in [5, 5.41) is 0. The number of thiazole rings is 1. The quantitative estimate of drug-likeness (QED) is 0.616. The highest BCUT2D eigenvalue weighted by Crippen LogP contribution is 2.35. The number of hydrogen-bond acceptors (Lipinski definition) is 4. The molecule has 26 heavy (non-hydrogen) atoms. The Kier molecular flexibility index (Phi) is 4.82. The van der Waals surface area contributed by atoms with Crippen molar-refractivity contribution in [2.24, 2.45) is 4.99 Å². The van der Waals surface area contributed by atoms with E-state index >= 15 is 0 Å². The number of aryl methyl sites for hydroxylation is 1. The number of carbonyl (C=O) groups excluding carboxylic acids is 1. The van der Waals surface area contributed by atoms with E-state index in [1.165, 1.54) is 11.3 Å². The van der Waals surface area contributed by atoms with Crippen LogP contribution in [0, 0.1) is 0 Å². The number of carbonyl (C=O) groups is 1. The van der Waals surface area contributed by atoms with Crippen LogP contribution in [-0.4, -0.2) is 23.7 Å². The van der Waals surface area contributed by atoms with Crippen molar-refractivity contribution in [2.75, 3.05) is 13.2 Å². The molecule has 1 aliphatic rings. The largest absolute Gasteiger partial charge is 0.486 e. The first-order chi connectivity index (χ1) is 12.7. The number of nitrogens with zero attached hydrogens (tertiary/aromatic N) is 2. The summed E-state index contributed by atoms with van der Waals surface area (Å²) in [6.07, 6.45) is 0.943. The Balaban J connectivity index is 1.85. The van der Waals surface area contributed by atoms with Gasteiger partial charge in [0.1, 0.15) is 13.2 Å². The van der Waals surface area contributed by atoms with Gasteiger partial charge in [0.2, 0.25) is 0 Å². The second-order valence-corrected chi connectivity index (χ2v) is 7.85. The SMILES string of the molecule is CCCn1c(=NC(=O)c2cccc(Br)c2)sc2cc3c(cc21)OCCO3. The third kappa shape index (κ3) is 3.29. The van der Waals surface area contributed by atoms with Gasteiger partial charge in [-0.15, -0.1) is 0 Å². The van der Waals surface area contributed by atoms with Crippen LogP contribution < -0.4 is 14.3 Å². The number of fused-ring (bicyclic) bond motifs is 2. The van der Waals surface area contributed by atoms with E-state index in [0.29, 0.717) is 23.6 Å². The van der Waals surface area contributed by atoms with Crippen molar-refractivity contribution in [1.29, 1.82) is 0 Å². The molecule has 0 saturated carbocycles. The van der Waals surface area contributed by atoms with E-state index in [-0.39, 0.29) is 5.91 Å². The van der Waals surface area contributed by atoms with Crippen LogP contribution in [0.4, 0.5) is 0 Å². The summed E-state index contributed by atoms with van der Waals surface area (Å²) in [4.78, 5) is 17.7. The molecule has 0 fully saturated rings. The molecule has 0 N–H and O–H groups in total. The Labute approximate surface area is 163 Å². The van der Waals surface area contributed by atoms with E-state index < -0.39 is 0 Å². The molecule has 2 heterocycles. The van der Waals surface area contributed by atoms with E-state index in [1.54, 1.807) is 12.1 Å². The summed E-state index contributed by atoms with van der Waals surface area (Å²) in [6, 6.07) is 11.2. The number of aromatic nitrogens is 1. The van der Waals surface area contributed by atoms with Gasteiger partial charge in [-0.1, -0.05) is 40.3 Å². The molecule has 0 aliphatic carbocycles. The van der Waals surface area contributed by atoms with Gasteiger partial charge in [-0.05, 0) is 24.6 Å². The second-order valence-electron chi connectivity index (χ2n) is 5.93. The van der Waals surface area contributed by atoms with Crippen molar-refractivity contribution in [3.63, 3.8) is 0 Å². The van der Waals surface area contributed by atoms with Gasteiger partial charge in [0.05, 0.1) is 10.2 Å². The summed E-state index contributed by atoms with van der Waals surface area (Å²) in [7, 11) is 0. The van der Waals surface area contributed by atoms with Crippen molar-refractivity contribution in [1.82, 2.24) is 4.57 Å². The Morgan fingerprint density at radius 2 is 2.00 bits per heavy atom. The van der Waals surface area contributed by atoms with Crippen LogP contribution in [0.15, 0.2) is 45.9 Å². The average molecular weight is 433 g/mol.